The third kappa shape index (κ3) is 6.34. The number of halogens is 2. The van der Waals surface area contributed by atoms with Gasteiger partial charge < -0.3 is 10.0 Å². The molecular weight excluding hydrogens is 617 g/mol. The molecule has 6 nitrogen and oxygen atoms in total. The Bertz CT molecular complexity index is 1490. The van der Waals surface area contributed by atoms with Gasteiger partial charge in [-0.3, -0.25) is 9.59 Å². The number of aliphatic carboxylic acids is 1. The van der Waals surface area contributed by atoms with Crippen LogP contribution in [0, 0.1) is 17.3 Å². The first-order valence-corrected chi connectivity index (χ1v) is 18.2. The number of carbonyl (C=O) groups excluding carboxylic acids is 1. The number of carboxylic acid groups (broad SMARTS) is 1. The van der Waals surface area contributed by atoms with Gasteiger partial charge in [0.25, 0.3) is 0 Å². The van der Waals surface area contributed by atoms with Gasteiger partial charge in [-0.25, -0.2) is 8.42 Å². The lowest BCUT2D eigenvalue weighted by atomic mass is 9.65. The molecule has 2 aromatic carbocycles. The molecule has 1 N–H and O–H groups in total. The van der Waals surface area contributed by atoms with Crippen LogP contribution in [0.2, 0.25) is 10.0 Å². The number of carbonyl (C=O) groups is 2. The molecule has 1 heterocycles. The molecule has 0 aromatic heterocycles. The summed E-state index contributed by atoms with van der Waals surface area (Å²) in [5, 5.41) is 9.97. The number of nitrogens with zero attached hydrogens (tertiary/aromatic N) is 1. The van der Waals surface area contributed by atoms with Crippen molar-refractivity contribution < 1.29 is 23.1 Å². The van der Waals surface area contributed by atoms with Crippen molar-refractivity contribution in [3.8, 4) is 0 Å². The third-order valence-corrected chi connectivity index (χ3v) is 13.8. The zero-order chi connectivity index (χ0) is 31.8. The second-order valence-corrected chi connectivity index (χ2v) is 16.3. The Morgan fingerprint density at radius 2 is 1.77 bits per heavy atom. The zero-order valence-corrected chi connectivity index (χ0v) is 27.8. The Morgan fingerprint density at radius 3 is 2.36 bits per heavy atom. The molecular formula is C35H43Cl2NO5S. The highest BCUT2D eigenvalue weighted by molar-refractivity contribution is 7.93. The molecule has 9 heteroatoms. The predicted octanol–water partition coefficient (Wildman–Crippen LogP) is 8.25. The zero-order valence-electron chi connectivity index (χ0n) is 25.5. The summed E-state index contributed by atoms with van der Waals surface area (Å²) in [6.07, 6.45) is 7.45. The van der Waals surface area contributed by atoms with Gasteiger partial charge in [0.05, 0.1) is 28.4 Å². The molecule has 44 heavy (non-hydrogen) atoms. The van der Waals surface area contributed by atoms with Gasteiger partial charge >= 0.3 is 5.97 Å². The molecule has 238 valence electrons. The van der Waals surface area contributed by atoms with Gasteiger partial charge in [-0.2, -0.15) is 0 Å². The van der Waals surface area contributed by atoms with E-state index in [1.807, 2.05) is 49.1 Å². The normalized spacial score (nSPS) is 29.2. The minimum absolute atomic E-state index is 0.0803. The van der Waals surface area contributed by atoms with Gasteiger partial charge in [0.15, 0.2) is 9.84 Å². The van der Waals surface area contributed by atoms with Crippen LogP contribution in [0.25, 0.3) is 0 Å². The summed E-state index contributed by atoms with van der Waals surface area (Å²) in [6, 6.07) is 14.0. The molecule has 1 aliphatic heterocycles. The average Bonchev–Trinajstić information content (AvgIpc) is 3.81. The Hall–Kier alpha value is -2.35. The van der Waals surface area contributed by atoms with Crippen molar-refractivity contribution in [1.29, 1.82) is 0 Å². The number of hydrogen-bond donors (Lipinski definition) is 1. The summed E-state index contributed by atoms with van der Waals surface area (Å²) in [6.45, 7) is 7.73. The van der Waals surface area contributed by atoms with Crippen molar-refractivity contribution in [3.63, 3.8) is 0 Å². The number of hydrogen-bond acceptors (Lipinski definition) is 4. The monoisotopic (exact) mass is 659 g/mol. The number of sulfone groups is 1. The second-order valence-electron chi connectivity index (χ2n) is 13.1. The van der Waals surface area contributed by atoms with Crippen molar-refractivity contribution in [2.45, 2.75) is 100 Å². The summed E-state index contributed by atoms with van der Waals surface area (Å²) in [7, 11) is -3.53. The van der Waals surface area contributed by atoms with Crippen LogP contribution in [0.4, 0.5) is 0 Å². The summed E-state index contributed by atoms with van der Waals surface area (Å²) < 4.78 is 28.1. The molecule has 1 saturated heterocycles. The van der Waals surface area contributed by atoms with Crippen molar-refractivity contribution in [2.24, 2.45) is 17.3 Å². The van der Waals surface area contributed by atoms with E-state index < -0.39 is 43.8 Å². The summed E-state index contributed by atoms with van der Waals surface area (Å²) in [5.41, 5.74) is 0.630. The standard InChI is InChI=1S/C35H43Cl2NO5S/c1-4-30(23-10-7-6-8-11-23)44(42,43)31-19-28(31)22(3)38-33(24-14-16-26(36)17-15-24)29(25-12-9-13-27(37)18-25)20-35(5-2,34(38)41)21-32(39)40/h4,9,12-18,22-23,28-31,33H,1,5-8,10-11,19-21H2,2-3H3,(H,39,40). The number of rotatable bonds is 11. The molecule has 7 atom stereocenters. The van der Waals surface area contributed by atoms with Crippen LogP contribution >= 0.6 is 23.2 Å². The lowest BCUT2D eigenvalue weighted by molar-refractivity contribution is -0.162. The van der Waals surface area contributed by atoms with E-state index in [0.717, 1.165) is 43.2 Å². The predicted molar refractivity (Wildman–Crippen MR) is 176 cm³/mol. The Kier molecular flexibility index (Phi) is 9.89. The lowest BCUT2D eigenvalue weighted by Crippen LogP contribution is -2.57. The lowest BCUT2D eigenvalue weighted by Gasteiger charge is -2.52. The van der Waals surface area contributed by atoms with E-state index >= 15 is 0 Å². The molecule has 0 bridgehead atoms. The van der Waals surface area contributed by atoms with Gasteiger partial charge in [0, 0.05) is 22.0 Å². The fraction of sp³-hybridized carbons (Fsp3) is 0.543. The molecule has 0 radical (unpaired) electrons. The SMILES string of the molecule is C=CC(C1CCCCC1)S(=O)(=O)C1CC1C(C)N1C(=O)C(CC)(CC(=O)O)CC(c2cccc(Cl)c2)C1c1ccc(Cl)cc1. The minimum atomic E-state index is -3.53. The highest BCUT2D eigenvalue weighted by atomic mass is 35.5. The number of piperidine rings is 1. The van der Waals surface area contributed by atoms with Crippen LogP contribution in [-0.2, 0) is 19.4 Å². The second kappa shape index (κ2) is 13.2. The number of benzene rings is 2. The topological polar surface area (TPSA) is 91.8 Å². The summed E-state index contributed by atoms with van der Waals surface area (Å²) >= 11 is 12.7. The maximum absolute atomic E-state index is 14.7. The summed E-state index contributed by atoms with van der Waals surface area (Å²) in [4.78, 5) is 28.8. The number of amides is 1. The van der Waals surface area contributed by atoms with E-state index in [4.69, 9.17) is 23.2 Å². The molecule has 1 amide bonds. The van der Waals surface area contributed by atoms with Gasteiger partial charge in [-0.05, 0) is 86.3 Å². The molecule has 2 aromatic rings. The van der Waals surface area contributed by atoms with E-state index in [1.54, 1.807) is 24.3 Å². The van der Waals surface area contributed by atoms with Gasteiger partial charge in [-0.1, -0.05) is 79.7 Å². The smallest absolute Gasteiger partial charge is 0.304 e. The van der Waals surface area contributed by atoms with Crippen molar-refractivity contribution in [1.82, 2.24) is 4.90 Å². The molecule has 3 aliphatic rings. The fourth-order valence-corrected chi connectivity index (χ4v) is 11.2. The van der Waals surface area contributed by atoms with Crippen LogP contribution in [0.1, 0.15) is 94.7 Å². The third-order valence-electron chi connectivity index (χ3n) is 10.6. The van der Waals surface area contributed by atoms with Gasteiger partial charge in [0.1, 0.15) is 0 Å². The molecule has 3 fully saturated rings. The Balaban J connectivity index is 1.58. The maximum Gasteiger partial charge on any atom is 0.304 e. The fourth-order valence-electron chi connectivity index (χ4n) is 8.14. The molecule has 7 unspecified atom stereocenters. The van der Waals surface area contributed by atoms with Crippen LogP contribution in [0.15, 0.2) is 61.2 Å². The van der Waals surface area contributed by atoms with E-state index in [0.29, 0.717) is 29.3 Å². The first-order chi connectivity index (χ1) is 20.9. The van der Waals surface area contributed by atoms with E-state index in [1.165, 1.54) is 0 Å². The van der Waals surface area contributed by atoms with Crippen LogP contribution in [-0.4, -0.2) is 46.8 Å². The Morgan fingerprint density at radius 1 is 1.09 bits per heavy atom. The number of carboxylic acids is 1. The van der Waals surface area contributed by atoms with E-state index in [9.17, 15) is 23.1 Å². The van der Waals surface area contributed by atoms with Gasteiger partial charge in [0.2, 0.25) is 5.91 Å². The molecule has 0 spiro atoms. The van der Waals surface area contributed by atoms with Crippen molar-refractivity contribution in [3.05, 3.63) is 82.4 Å². The van der Waals surface area contributed by atoms with E-state index in [-0.39, 0.29) is 30.1 Å². The van der Waals surface area contributed by atoms with Crippen LogP contribution < -0.4 is 0 Å². The van der Waals surface area contributed by atoms with Crippen molar-refractivity contribution >= 4 is 44.9 Å². The average molecular weight is 661 g/mol. The van der Waals surface area contributed by atoms with Crippen LogP contribution in [0.3, 0.4) is 0 Å². The first kappa shape index (κ1) is 33.0. The van der Waals surface area contributed by atoms with Crippen LogP contribution in [0.5, 0.6) is 0 Å². The van der Waals surface area contributed by atoms with Gasteiger partial charge in [-0.15, -0.1) is 6.58 Å². The largest absolute Gasteiger partial charge is 0.481 e. The quantitative estimate of drug-likeness (QED) is 0.245. The maximum atomic E-state index is 14.7. The molecule has 5 rings (SSSR count). The molecule has 2 aliphatic carbocycles. The first-order valence-electron chi connectivity index (χ1n) is 15.8. The minimum Gasteiger partial charge on any atom is -0.481 e. The number of likely N-dealkylation sites (tertiary alicyclic amines) is 1. The van der Waals surface area contributed by atoms with E-state index in [2.05, 4.69) is 6.58 Å². The molecule has 2 saturated carbocycles. The highest BCUT2D eigenvalue weighted by Gasteiger charge is 2.59. The Labute approximate surface area is 271 Å². The highest BCUT2D eigenvalue weighted by Crippen LogP contribution is 2.56. The summed E-state index contributed by atoms with van der Waals surface area (Å²) in [5.74, 6) is -1.72. The van der Waals surface area contributed by atoms with Crippen molar-refractivity contribution in [2.75, 3.05) is 0 Å².